The van der Waals surface area contributed by atoms with Crippen LogP contribution in [0.4, 0.5) is 4.39 Å². The van der Waals surface area contributed by atoms with Gasteiger partial charge < -0.3 is 9.47 Å². The van der Waals surface area contributed by atoms with Gasteiger partial charge in [-0.25, -0.2) is 14.2 Å². The molecule has 5 rings (SSSR count). The molecule has 40 heavy (non-hydrogen) atoms. The van der Waals surface area contributed by atoms with Crippen molar-refractivity contribution in [1.82, 2.24) is 4.57 Å². The van der Waals surface area contributed by atoms with Gasteiger partial charge in [0.1, 0.15) is 18.2 Å². The number of halogens is 2. The number of rotatable bonds is 7. The van der Waals surface area contributed by atoms with Crippen LogP contribution in [0.25, 0.3) is 11.8 Å². The molecule has 0 amide bonds. The summed E-state index contributed by atoms with van der Waals surface area (Å²) in [4.78, 5) is 32.5. The second-order valence-corrected chi connectivity index (χ2v) is 10.5. The zero-order chi connectivity index (χ0) is 28.2. The second-order valence-electron chi connectivity index (χ2n) is 8.67. The number of ether oxygens (including phenoxy) is 2. The van der Waals surface area contributed by atoms with Gasteiger partial charge in [-0.05, 0) is 64.3 Å². The first-order chi connectivity index (χ1) is 19.4. The lowest BCUT2D eigenvalue weighted by Crippen LogP contribution is -2.40. The number of thiazole rings is 1. The largest absolute Gasteiger partial charge is 0.480 e. The molecule has 0 bridgehead atoms. The van der Waals surface area contributed by atoms with Crippen LogP contribution in [0.2, 0.25) is 0 Å². The molecule has 0 fully saturated rings. The highest BCUT2D eigenvalue weighted by molar-refractivity contribution is 9.10. The minimum absolute atomic E-state index is 0.131. The molecule has 9 heteroatoms. The molecule has 0 saturated carbocycles. The van der Waals surface area contributed by atoms with Crippen molar-refractivity contribution in [3.05, 3.63) is 125 Å². The third-order valence-electron chi connectivity index (χ3n) is 6.12. The summed E-state index contributed by atoms with van der Waals surface area (Å²) in [5, 5.41) is 0. The van der Waals surface area contributed by atoms with Gasteiger partial charge in [0, 0.05) is 5.56 Å². The van der Waals surface area contributed by atoms with Gasteiger partial charge in [0.15, 0.2) is 4.80 Å². The third kappa shape index (κ3) is 5.41. The first-order valence-corrected chi connectivity index (χ1v) is 13.9. The number of aromatic nitrogens is 1. The van der Waals surface area contributed by atoms with Gasteiger partial charge in [0.25, 0.3) is 5.56 Å². The molecule has 1 aliphatic rings. The van der Waals surface area contributed by atoms with Crippen molar-refractivity contribution in [2.24, 2.45) is 4.99 Å². The summed E-state index contributed by atoms with van der Waals surface area (Å²) < 4.78 is 27.4. The van der Waals surface area contributed by atoms with Crippen molar-refractivity contribution in [3.63, 3.8) is 0 Å². The van der Waals surface area contributed by atoms with E-state index in [2.05, 4.69) is 21.9 Å². The lowest BCUT2D eigenvalue weighted by atomic mass is 9.93. The Morgan fingerprint density at radius 2 is 1.93 bits per heavy atom. The Morgan fingerprint density at radius 1 is 1.18 bits per heavy atom. The number of carbonyl (C=O) groups excluding carboxylic acids is 1. The van der Waals surface area contributed by atoms with Gasteiger partial charge in [-0.3, -0.25) is 9.36 Å². The summed E-state index contributed by atoms with van der Waals surface area (Å²) in [5.74, 6) is 1.98. The molecule has 0 N–H and O–H groups in total. The molecule has 2 heterocycles. The fraction of sp³-hybridized carbons (Fsp3) is 0.129. The number of fused-ring (bicyclic) bond motifs is 1. The average molecular weight is 617 g/mol. The zero-order valence-corrected chi connectivity index (χ0v) is 23.7. The maximum absolute atomic E-state index is 13.9. The van der Waals surface area contributed by atoms with Crippen LogP contribution in [0.5, 0.6) is 5.75 Å². The molecule has 1 aliphatic heterocycles. The summed E-state index contributed by atoms with van der Waals surface area (Å²) in [6.07, 6.45) is 7.03. The van der Waals surface area contributed by atoms with E-state index >= 15 is 0 Å². The van der Waals surface area contributed by atoms with Gasteiger partial charge in [-0.2, -0.15) is 0 Å². The van der Waals surface area contributed by atoms with Crippen molar-refractivity contribution in [2.45, 2.75) is 13.0 Å². The van der Waals surface area contributed by atoms with E-state index in [4.69, 9.17) is 20.9 Å². The van der Waals surface area contributed by atoms with E-state index in [1.807, 2.05) is 42.5 Å². The van der Waals surface area contributed by atoms with Crippen LogP contribution in [0.1, 0.15) is 29.7 Å². The van der Waals surface area contributed by atoms with Crippen LogP contribution >= 0.6 is 27.3 Å². The quantitative estimate of drug-likeness (QED) is 0.220. The number of nitrogens with zero attached hydrogens (tertiary/aromatic N) is 2. The van der Waals surface area contributed by atoms with E-state index in [0.717, 1.165) is 5.56 Å². The Labute approximate surface area is 241 Å². The lowest BCUT2D eigenvalue weighted by Gasteiger charge is -2.25. The molecule has 0 aliphatic carbocycles. The molecular formula is C31H22BrFN2O4S. The highest BCUT2D eigenvalue weighted by Gasteiger charge is 2.35. The van der Waals surface area contributed by atoms with Crippen molar-refractivity contribution < 1.29 is 18.7 Å². The number of terminal acetylenes is 1. The molecule has 200 valence electrons. The molecule has 0 unspecified atom stereocenters. The van der Waals surface area contributed by atoms with Gasteiger partial charge in [-0.15, -0.1) is 6.42 Å². The molecule has 1 atom stereocenters. The van der Waals surface area contributed by atoms with Gasteiger partial charge in [-0.1, -0.05) is 65.8 Å². The zero-order valence-electron chi connectivity index (χ0n) is 21.3. The number of hydrogen-bond donors (Lipinski definition) is 0. The summed E-state index contributed by atoms with van der Waals surface area (Å²) >= 11 is 4.69. The van der Waals surface area contributed by atoms with Crippen LogP contribution in [0.15, 0.2) is 92.6 Å². The lowest BCUT2D eigenvalue weighted by molar-refractivity contribution is -0.138. The Morgan fingerprint density at radius 3 is 2.60 bits per heavy atom. The van der Waals surface area contributed by atoms with Crippen LogP contribution in [0, 0.1) is 18.2 Å². The monoisotopic (exact) mass is 616 g/mol. The van der Waals surface area contributed by atoms with Crippen LogP contribution in [-0.2, 0) is 9.53 Å². The van der Waals surface area contributed by atoms with E-state index in [1.54, 1.807) is 31.2 Å². The molecule has 4 aromatic rings. The summed E-state index contributed by atoms with van der Waals surface area (Å²) in [6, 6.07) is 19.5. The summed E-state index contributed by atoms with van der Waals surface area (Å²) in [5.41, 5.74) is 2.27. The SMILES string of the molecule is C#CCOc1ccc(/C=c2\sc3n(c2=O)[C@H](c2ccc(F)cc2)C(C(=O)OCC)=C(c2ccccc2)N=3)cc1Br. The average Bonchev–Trinajstić information content (AvgIpc) is 3.27. The first kappa shape index (κ1) is 27.3. The molecule has 6 nitrogen and oxygen atoms in total. The number of hydrogen-bond acceptors (Lipinski definition) is 6. The minimum atomic E-state index is -0.875. The Hall–Kier alpha value is -4.26. The fourth-order valence-corrected chi connectivity index (χ4v) is 5.91. The standard InChI is InChI=1S/C31H22BrFN2O4S/c1-3-16-39-24-15-10-19(17-23(24)32)18-25-29(36)35-28(21-11-13-22(33)14-12-21)26(30(37)38-4-2)27(34-31(35)40-25)20-8-6-5-7-9-20/h1,5-15,17-18,28H,4,16H2,2H3/b25-18-/t28-/m1/s1. The number of esters is 1. The van der Waals surface area contributed by atoms with Crippen molar-refractivity contribution in [2.75, 3.05) is 13.2 Å². The second kappa shape index (κ2) is 11.9. The van der Waals surface area contributed by atoms with E-state index in [9.17, 15) is 14.0 Å². The van der Waals surface area contributed by atoms with Crippen molar-refractivity contribution >= 4 is 45.0 Å². The van der Waals surface area contributed by atoms with Crippen LogP contribution in [0.3, 0.4) is 0 Å². The highest BCUT2D eigenvalue weighted by atomic mass is 79.9. The number of benzene rings is 3. The fourth-order valence-electron chi connectivity index (χ4n) is 4.40. The normalized spacial score (nSPS) is 14.8. The van der Waals surface area contributed by atoms with E-state index < -0.39 is 17.8 Å². The predicted octanol–water partition coefficient (Wildman–Crippen LogP) is 4.85. The summed E-state index contributed by atoms with van der Waals surface area (Å²) in [7, 11) is 0. The Bertz CT molecular complexity index is 1840. The highest BCUT2D eigenvalue weighted by Crippen LogP contribution is 2.35. The smallest absolute Gasteiger partial charge is 0.338 e. The molecule has 0 radical (unpaired) electrons. The molecule has 3 aromatic carbocycles. The van der Waals surface area contributed by atoms with Gasteiger partial charge >= 0.3 is 5.97 Å². The Balaban J connectivity index is 1.75. The van der Waals surface area contributed by atoms with Crippen molar-refractivity contribution in [3.8, 4) is 18.1 Å². The summed E-state index contributed by atoms with van der Waals surface area (Å²) in [6.45, 7) is 1.98. The maximum atomic E-state index is 13.9. The van der Waals surface area contributed by atoms with Crippen LogP contribution < -0.4 is 19.6 Å². The first-order valence-electron chi connectivity index (χ1n) is 12.3. The maximum Gasteiger partial charge on any atom is 0.338 e. The molecule has 0 saturated heterocycles. The van der Waals surface area contributed by atoms with Gasteiger partial charge in [0.2, 0.25) is 0 Å². The molecule has 0 spiro atoms. The van der Waals surface area contributed by atoms with E-state index in [-0.39, 0.29) is 24.3 Å². The molecule has 1 aromatic heterocycles. The van der Waals surface area contributed by atoms with E-state index in [1.165, 1.54) is 28.0 Å². The van der Waals surface area contributed by atoms with Crippen LogP contribution in [-0.4, -0.2) is 23.8 Å². The van der Waals surface area contributed by atoms with E-state index in [0.29, 0.717) is 36.4 Å². The number of carbonyl (C=O) groups is 1. The Kier molecular flexibility index (Phi) is 8.10. The topological polar surface area (TPSA) is 69.9 Å². The van der Waals surface area contributed by atoms with Gasteiger partial charge in [0.05, 0.1) is 32.9 Å². The van der Waals surface area contributed by atoms with Crippen molar-refractivity contribution in [1.29, 1.82) is 0 Å². The predicted molar refractivity (Wildman–Crippen MR) is 156 cm³/mol. The molecular weight excluding hydrogens is 595 g/mol. The third-order valence-corrected chi connectivity index (χ3v) is 7.73. The minimum Gasteiger partial charge on any atom is -0.480 e.